The summed E-state index contributed by atoms with van der Waals surface area (Å²) >= 11 is 4.81. The highest BCUT2D eigenvalue weighted by atomic mass is 79.9. The maximum Gasteiger partial charge on any atom is 0.318 e. The van der Waals surface area contributed by atoms with E-state index in [0.717, 1.165) is 25.0 Å². The number of rotatable bonds is 3. The molecule has 2 heterocycles. The summed E-state index contributed by atoms with van der Waals surface area (Å²) < 4.78 is 2.10. The summed E-state index contributed by atoms with van der Waals surface area (Å²) in [6.07, 6.45) is 1.30. The van der Waals surface area contributed by atoms with E-state index in [-0.39, 0.29) is 12.1 Å². The van der Waals surface area contributed by atoms with Gasteiger partial charge in [-0.3, -0.25) is 19.5 Å². The summed E-state index contributed by atoms with van der Waals surface area (Å²) in [7, 11) is 0. The molecule has 0 atom stereocenters. The third kappa shape index (κ3) is 3.47. The standard InChI is InChI=1S/C16H13BrN4O3S/c1-8-12(9-2-4-10(17)5-3-9)13-14(25-8)19-7-21(15(13)23)6-11(22)20-16(18)24/h2-5,7H,6H2,1H3,(H3,18,20,22,24). The number of imide groups is 1. The van der Waals surface area contributed by atoms with Crippen molar-refractivity contribution in [1.29, 1.82) is 0 Å². The molecule has 25 heavy (non-hydrogen) atoms. The van der Waals surface area contributed by atoms with Gasteiger partial charge in [0, 0.05) is 14.9 Å². The molecule has 0 unspecified atom stereocenters. The Kier molecular flexibility index (Phi) is 4.69. The van der Waals surface area contributed by atoms with Gasteiger partial charge in [-0.25, -0.2) is 9.78 Å². The highest BCUT2D eigenvalue weighted by Gasteiger charge is 2.18. The fraction of sp³-hybridized carbons (Fsp3) is 0.125. The second kappa shape index (κ2) is 6.77. The molecule has 3 amide bonds. The Morgan fingerprint density at radius 2 is 2.00 bits per heavy atom. The molecular formula is C16H13BrN4O3S. The molecule has 128 valence electrons. The maximum atomic E-state index is 12.8. The van der Waals surface area contributed by atoms with Crippen molar-refractivity contribution in [2.24, 2.45) is 5.73 Å². The van der Waals surface area contributed by atoms with Crippen molar-refractivity contribution < 1.29 is 9.59 Å². The quantitative estimate of drug-likeness (QED) is 0.677. The van der Waals surface area contributed by atoms with Crippen LogP contribution < -0.4 is 16.6 Å². The number of urea groups is 1. The normalized spacial score (nSPS) is 10.8. The summed E-state index contributed by atoms with van der Waals surface area (Å²) in [5, 5.41) is 2.39. The first-order chi connectivity index (χ1) is 11.9. The molecule has 0 fully saturated rings. The van der Waals surface area contributed by atoms with E-state index in [9.17, 15) is 14.4 Å². The molecule has 0 aliphatic rings. The van der Waals surface area contributed by atoms with Crippen molar-refractivity contribution in [3.63, 3.8) is 0 Å². The number of fused-ring (bicyclic) bond motifs is 1. The van der Waals surface area contributed by atoms with E-state index in [2.05, 4.69) is 20.9 Å². The second-order valence-corrected chi connectivity index (χ2v) is 7.43. The van der Waals surface area contributed by atoms with Crippen LogP contribution in [0.5, 0.6) is 0 Å². The van der Waals surface area contributed by atoms with Crippen LogP contribution in [0.15, 0.2) is 39.9 Å². The van der Waals surface area contributed by atoms with Crippen LogP contribution in [0.1, 0.15) is 4.88 Å². The zero-order chi connectivity index (χ0) is 18.1. The molecule has 3 aromatic rings. The van der Waals surface area contributed by atoms with Gasteiger partial charge in [0.2, 0.25) is 5.91 Å². The minimum atomic E-state index is -0.964. The molecule has 2 aromatic heterocycles. The number of amides is 3. The number of nitrogens with two attached hydrogens (primary N) is 1. The van der Waals surface area contributed by atoms with Gasteiger partial charge in [-0.05, 0) is 24.6 Å². The molecule has 0 aliphatic carbocycles. The number of aryl methyl sites for hydroxylation is 1. The first-order valence-electron chi connectivity index (χ1n) is 7.20. The van der Waals surface area contributed by atoms with Crippen molar-refractivity contribution in [1.82, 2.24) is 14.9 Å². The highest BCUT2D eigenvalue weighted by molar-refractivity contribution is 9.10. The van der Waals surface area contributed by atoms with Gasteiger partial charge in [0.25, 0.3) is 5.56 Å². The van der Waals surface area contributed by atoms with Crippen LogP contribution in [0.3, 0.4) is 0 Å². The summed E-state index contributed by atoms with van der Waals surface area (Å²) in [6.45, 7) is 1.59. The molecule has 0 radical (unpaired) electrons. The lowest BCUT2D eigenvalue weighted by Gasteiger charge is -2.06. The number of primary amides is 1. The first-order valence-corrected chi connectivity index (χ1v) is 8.81. The zero-order valence-corrected chi connectivity index (χ0v) is 15.5. The fourth-order valence-corrected chi connectivity index (χ4v) is 3.81. The predicted octanol–water partition coefficient (Wildman–Crippen LogP) is 2.39. The molecule has 0 saturated heterocycles. The van der Waals surface area contributed by atoms with Crippen molar-refractivity contribution >= 4 is 49.4 Å². The average molecular weight is 421 g/mol. The Bertz CT molecular complexity index is 1040. The lowest BCUT2D eigenvalue weighted by atomic mass is 10.0. The van der Waals surface area contributed by atoms with Crippen LogP contribution in [-0.4, -0.2) is 21.5 Å². The molecule has 0 spiro atoms. The van der Waals surface area contributed by atoms with Crippen LogP contribution in [0.25, 0.3) is 21.3 Å². The lowest BCUT2D eigenvalue weighted by Crippen LogP contribution is -2.39. The van der Waals surface area contributed by atoms with Gasteiger partial charge in [0.05, 0.1) is 11.7 Å². The van der Waals surface area contributed by atoms with Crippen LogP contribution in [0, 0.1) is 6.92 Å². The number of nitrogens with zero attached hydrogens (tertiary/aromatic N) is 2. The van der Waals surface area contributed by atoms with Crippen molar-refractivity contribution in [2.45, 2.75) is 13.5 Å². The maximum absolute atomic E-state index is 12.8. The molecule has 9 heteroatoms. The van der Waals surface area contributed by atoms with E-state index >= 15 is 0 Å². The summed E-state index contributed by atoms with van der Waals surface area (Å²) in [6, 6.07) is 6.65. The van der Waals surface area contributed by atoms with Crippen molar-refractivity contribution in [3.8, 4) is 11.1 Å². The van der Waals surface area contributed by atoms with Crippen LogP contribution in [0.2, 0.25) is 0 Å². The SMILES string of the molecule is Cc1sc2ncn(CC(=O)NC(N)=O)c(=O)c2c1-c1ccc(Br)cc1. The number of hydrogen-bond donors (Lipinski definition) is 2. The number of thiophene rings is 1. The third-order valence-corrected chi connectivity index (χ3v) is 5.11. The summed E-state index contributed by atoms with van der Waals surface area (Å²) in [5.41, 5.74) is 6.27. The number of halogens is 1. The second-order valence-electron chi connectivity index (χ2n) is 5.31. The smallest absolute Gasteiger partial charge is 0.318 e. The Hall–Kier alpha value is -2.52. The number of carbonyl (C=O) groups excluding carboxylic acids is 2. The number of hydrogen-bond acceptors (Lipinski definition) is 5. The van der Waals surface area contributed by atoms with Gasteiger partial charge in [-0.15, -0.1) is 11.3 Å². The topological polar surface area (TPSA) is 107 Å². The van der Waals surface area contributed by atoms with Crippen molar-refractivity contribution in [3.05, 3.63) is 50.3 Å². The number of aromatic nitrogens is 2. The number of carbonyl (C=O) groups is 2. The van der Waals surface area contributed by atoms with Gasteiger partial charge in [-0.1, -0.05) is 28.1 Å². The number of benzene rings is 1. The first kappa shape index (κ1) is 17.3. The Morgan fingerprint density at radius 1 is 1.32 bits per heavy atom. The average Bonchev–Trinajstić information content (AvgIpc) is 2.87. The van der Waals surface area contributed by atoms with E-state index in [1.54, 1.807) is 0 Å². The third-order valence-electron chi connectivity index (χ3n) is 3.56. The van der Waals surface area contributed by atoms with Crippen LogP contribution >= 0.6 is 27.3 Å². The van der Waals surface area contributed by atoms with E-state index in [4.69, 9.17) is 5.73 Å². The predicted molar refractivity (Wildman–Crippen MR) is 99.5 cm³/mol. The van der Waals surface area contributed by atoms with E-state index in [1.165, 1.54) is 17.7 Å². The Balaban J connectivity index is 2.13. The van der Waals surface area contributed by atoms with E-state index < -0.39 is 11.9 Å². The van der Waals surface area contributed by atoms with Gasteiger partial charge in [0.15, 0.2) is 0 Å². The van der Waals surface area contributed by atoms with Gasteiger partial charge in [0.1, 0.15) is 11.4 Å². The minimum absolute atomic E-state index is 0.334. The monoisotopic (exact) mass is 420 g/mol. The molecule has 0 bridgehead atoms. The van der Waals surface area contributed by atoms with Gasteiger partial charge >= 0.3 is 6.03 Å². The molecule has 0 saturated carbocycles. The molecule has 7 nitrogen and oxygen atoms in total. The summed E-state index contributed by atoms with van der Waals surface area (Å²) in [5.74, 6) is -0.673. The largest absolute Gasteiger partial charge is 0.351 e. The lowest BCUT2D eigenvalue weighted by molar-refractivity contribution is -0.120. The van der Waals surface area contributed by atoms with Gasteiger partial charge in [-0.2, -0.15) is 0 Å². The molecular weight excluding hydrogens is 408 g/mol. The molecule has 1 aromatic carbocycles. The molecule has 3 rings (SSSR count). The van der Waals surface area contributed by atoms with Crippen LogP contribution in [-0.2, 0) is 11.3 Å². The minimum Gasteiger partial charge on any atom is -0.351 e. The van der Waals surface area contributed by atoms with E-state index in [1.807, 2.05) is 36.5 Å². The molecule has 0 aliphatic heterocycles. The highest BCUT2D eigenvalue weighted by Crippen LogP contribution is 2.35. The van der Waals surface area contributed by atoms with Crippen molar-refractivity contribution in [2.75, 3.05) is 0 Å². The van der Waals surface area contributed by atoms with Gasteiger partial charge < -0.3 is 5.73 Å². The fourth-order valence-electron chi connectivity index (χ4n) is 2.55. The van der Waals surface area contributed by atoms with E-state index in [0.29, 0.717) is 10.2 Å². The Morgan fingerprint density at radius 3 is 2.64 bits per heavy atom. The molecule has 3 N–H and O–H groups in total. The number of nitrogens with one attached hydrogen (secondary N) is 1. The van der Waals surface area contributed by atoms with Crippen LogP contribution in [0.4, 0.5) is 4.79 Å². The summed E-state index contributed by atoms with van der Waals surface area (Å²) in [4.78, 5) is 41.1. The Labute approximate surface area is 154 Å². The zero-order valence-electron chi connectivity index (χ0n) is 13.1.